The third kappa shape index (κ3) is 3.22. The predicted molar refractivity (Wildman–Crippen MR) is 107 cm³/mol. The van der Waals surface area contributed by atoms with E-state index in [1.165, 1.54) is 5.57 Å². The van der Waals surface area contributed by atoms with E-state index in [2.05, 4.69) is 48.1 Å². The van der Waals surface area contributed by atoms with Crippen molar-refractivity contribution in [3.63, 3.8) is 0 Å². The van der Waals surface area contributed by atoms with E-state index in [-0.39, 0.29) is 12.0 Å². The zero-order valence-electron chi connectivity index (χ0n) is 15.8. The van der Waals surface area contributed by atoms with Crippen molar-refractivity contribution >= 4 is 22.6 Å². The largest absolute Gasteiger partial charge is 0.393 e. The van der Waals surface area contributed by atoms with Crippen LogP contribution < -0.4 is 5.73 Å². The SMILES string of the molecule is CC/C(=C(/C)c1ccc(C(C)C(C)O)cc1)c1c(N)ncc2nccn12. The third-order valence-electron chi connectivity index (χ3n) is 5.16. The maximum atomic E-state index is 9.80. The van der Waals surface area contributed by atoms with Crippen molar-refractivity contribution in [1.82, 2.24) is 14.4 Å². The molecule has 1 aromatic carbocycles. The highest BCUT2D eigenvalue weighted by molar-refractivity contribution is 5.91. The van der Waals surface area contributed by atoms with Crippen LogP contribution in [0.3, 0.4) is 0 Å². The van der Waals surface area contributed by atoms with E-state index >= 15 is 0 Å². The second-order valence-electron chi connectivity index (χ2n) is 6.76. The van der Waals surface area contributed by atoms with Crippen molar-refractivity contribution in [2.24, 2.45) is 0 Å². The van der Waals surface area contributed by atoms with E-state index < -0.39 is 0 Å². The fraction of sp³-hybridized carbons (Fsp3) is 0.333. The topological polar surface area (TPSA) is 76.4 Å². The summed E-state index contributed by atoms with van der Waals surface area (Å²) in [5, 5.41) is 9.80. The molecule has 0 aliphatic rings. The van der Waals surface area contributed by atoms with Gasteiger partial charge in [-0.05, 0) is 42.5 Å². The first kappa shape index (κ1) is 18.1. The van der Waals surface area contributed by atoms with Gasteiger partial charge in [0.1, 0.15) is 5.82 Å². The molecule has 3 rings (SSSR count). The van der Waals surface area contributed by atoms with Gasteiger partial charge in [0.15, 0.2) is 5.65 Å². The first-order chi connectivity index (χ1) is 12.4. The van der Waals surface area contributed by atoms with Crippen LogP contribution in [-0.4, -0.2) is 25.6 Å². The number of aromatic nitrogens is 3. The third-order valence-corrected chi connectivity index (χ3v) is 5.16. The average molecular weight is 350 g/mol. The standard InChI is InChI=1S/C21H26N4O/c1-5-18(20-21(22)24-12-19-23-10-11-25(19)20)14(3)17-8-6-16(7-9-17)13(2)15(4)26/h6-13,15,26H,5,22H2,1-4H3/b18-14+. The Balaban J connectivity index is 2.09. The van der Waals surface area contributed by atoms with Crippen LogP contribution >= 0.6 is 0 Å². The van der Waals surface area contributed by atoms with Gasteiger partial charge in [0.2, 0.25) is 0 Å². The first-order valence-electron chi connectivity index (χ1n) is 9.00. The van der Waals surface area contributed by atoms with Gasteiger partial charge in [0.05, 0.1) is 18.0 Å². The minimum atomic E-state index is -0.367. The molecule has 0 bridgehead atoms. The quantitative estimate of drug-likeness (QED) is 0.725. The molecule has 3 aromatic rings. The molecule has 5 heteroatoms. The molecular weight excluding hydrogens is 324 g/mol. The number of hydrogen-bond acceptors (Lipinski definition) is 4. The predicted octanol–water partition coefficient (Wildman–Crippen LogP) is 4.14. The summed E-state index contributed by atoms with van der Waals surface area (Å²) in [7, 11) is 0. The maximum absolute atomic E-state index is 9.80. The molecule has 2 atom stereocenters. The number of aliphatic hydroxyl groups is 1. The van der Waals surface area contributed by atoms with Crippen molar-refractivity contribution in [3.05, 3.63) is 59.7 Å². The van der Waals surface area contributed by atoms with Crippen LogP contribution in [0.25, 0.3) is 16.8 Å². The number of allylic oxidation sites excluding steroid dienone is 2. The summed E-state index contributed by atoms with van der Waals surface area (Å²) in [5.74, 6) is 0.615. The molecule has 2 aromatic heterocycles. The smallest absolute Gasteiger partial charge is 0.155 e. The number of nitrogens with zero attached hydrogens (tertiary/aromatic N) is 3. The summed E-state index contributed by atoms with van der Waals surface area (Å²) in [5.41, 5.74) is 12.5. The molecule has 5 nitrogen and oxygen atoms in total. The minimum Gasteiger partial charge on any atom is -0.393 e. The van der Waals surface area contributed by atoms with Crippen molar-refractivity contribution in [2.75, 3.05) is 5.73 Å². The molecule has 3 N–H and O–H groups in total. The van der Waals surface area contributed by atoms with Gasteiger partial charge in [-0.15, -0.1) is 0 Å². The van der Waals surface area contributed by atoms with Crippen LogP contribution in [0.4, 0.5) is 5.82 Å². The number of rotatable bonds is 5. The van der Waals surface area contributed by atoms with E-state index in [1.807, 2.05) is 24.4 Å². The van der Waals surface area contributed by atoms with E-state index in [4.69, 9.17) is 5.73 Å². The normalized spacial score (nSPS) is 15.0. The van der Waals surface area contributed by atoms with Gasteiger partial charge in [-0.2, -0.15) is 0 Å². The molecule has 2 unspecified atom stereocenters. The van der Waals surface area contributed by atoms with Gasteiger partial charge in [0, 0.05) is 18.3 Å². The lowest BCUT2D eigenvalue weighted by Crippen LogP contribution is -2.10. The number of imidazole rings is 1. The summed E-state index contributed by atoms with van der Waals surface area (Å²) in [6, 6.07) is 8.39. The van der Waals surface area contributed by atoms with Crippen molar-refractivity contribution in [1.29, 1.82) is 0 Å². The van der Waals surface area contributed by atoms with Crippen LogP contribution in [0.15, 0.2) is 42.9 Å². The fourth-order valence-corrected chi connectivity index (χ4v) is 3.31. The molecule has 0 aliphatic heterocycles. The van der Waals surface area contributed by atoms with E-state index in [1.54, 1.807) is 12.4 Å². The Morgan fingerprint density at radius 3 is 2.50 bits per heavy atom. The summed E-state index contributed by atoms with van der Waals surface area (Å²) in [6.45, 7) is 8.09. The summed E-state index contributed by atoms with van der Waals surface area (Å²) in [4.78, 5) is 8.63. The second-order valence-corrected chi connectivity index (χ2v) is 6.76. The minimum absolute atomic E-state index is 0.110. The van der Waals surface area contributed by atoms with Gasteiger partial charge < -0.3 is 10.8 Å². The van der Waals surface area contributed by atoms with Gasteiger partial charge >= 0.3 is 0 Å². The number of aliphatic hydroxyl groups excluding tert-OH is 1. The Kier molecular flexibility index (Phi) is 5.09. The zero-order chi connectivity index (χ0) is 18.8. The van der Waals surface area contributed by atoms with Crippen molar-refractivity contribution < 1.29 is 5.11 Å². The monoisotopic (exact) mass is 350 g/mol. The van der Waals surface area contributed by atoms with Crippen molar-refractivity contribution in [3.8, 4) is 0 Å². The van der Waals surface area contributed by atoms with Gasteiger partial charge in [-0.25, -0.2) is 9.97 Å². The van der Waals surface area contributed by atoms with Gasteiger partial charge in [-0.3, -0.25) is 4.40 Å². The molecular formula is C21H26N4O. The lowest BCUT2D eigenvalue weighted by Gasteiger charge is -2.17. The Morgan fingerprint density at radius 2 is 1.88 bits per heavy atom. The first-order valence-corrected chi connectivity index (χ1v) is 9.00. The lowest BCUT2D eigenvalue weighted by atomic mass is 9.92. The Morgan fingerprint density at radius 1 is 1.19 bits per heavy atom. The summed E-state index contributed by atoms with van der Waals surface area (Å²) < 4.78 is 1.99. The molecule has 0 saturated heterocycles. The number of nitrogens with two attached hydrogens (primary N) is 1. The Bertz CT molecular complexity index is 938. The molecule has 0 aliphatic carbocycles. The van der Waals surface area contributed by atoms with Gasteiger partial charge in [0.25, 0.3) is 0 Å². The highest BCUT2D eigenvalue weighted by Gasteiger charge is 2.16. The molecule has 0 spiro atoms. The molecule has 0 fully saturated rings. The van der Waals surface area contributed by atoms with Crippen LogP contribution in [0.2, 0.25) is 0 Å². The van der Waals surface area contributed by atoms with Crippen molar-refractivity contribution in [2.45, 2.75) is 46.1 Å². The molecule has 0 radical (unpaired) electrons. The van der Waals surface area contributed by atoms with Crippen LogP contribution in [-0.2, 0) is 0 Å². The number of nitrogen functional groups attached to an aromatic ring is 1. The highest BCUT2D eigenvalue weighted by Crippen LogP contribution is 2.32. The zero-order valence-corrected chi connectivity index (χ0v) is 15.8. The number of anilines is 1. The molecule has 136 valence electrons. The maximum Gasteiger partial charge on any atom is 0.155 e. The molecule has 2 heterocycles. The van der Waals surface area contributed by atoms with E-state index in [9.17, 15) is 5.11 Å². The number of hydrogen-bond donors (Lipinski definition) is 2. The van der Waals surface area contributed by atoms with Crippen LogP contribution in [0.5, 0.6) is 0 Å². The van der Waals surface area contributed by atoms with Gasteiger partial charge in [-0.1, -0.05) is 38.1 Å². The average Bonchev–Trinajstić information content (AvgIpc) is 3.12. The fourth-order valence-electron chi connectivity index (χ4n) is 3.31. The van der Waals surface area contributed by atoms with E-state index in [0.29, 0.717) is 5.82 Å². The molecule has 0 amide bonds. The Hall–Kier alpha value is -2.66. The molecule has 0 saturated carbocycles. The van der Waals surface area contributed by atoms with Crippen LogP contribution in [0.1, 0.15) is 56.9 Å². The van der Waals surface area contributed by atoms with Crippen LogP contribution in [0, 0.1) is 0 Å². The number of benzene rings is 1. The molecule has 26 heavy (non-hydrogen) atoms. The summed E-state index contributed by atoms with van der Waals surface area (Å²) in [6.07, 6.45) is 5.83. The van der Waals surface area contributed by atoms with E-state index in [0.717, 1.165) is 34.5 Å². The summed E-state index contributed by atoms with van der Waals surface area (Å²) >= 11 is 0. The second kappa shape index (κ2) is 7.30. The highest BCUT2D eigenvalue weighted by atomic mass is 16.3. The lowest BCUT2D eigenvalue weighted by molar-refractivity contribution is 0.169. The number of fused-ring (bicyclic) bond motifs is 1. The Labute approximate surface area is 154 Å².